The van der Waals surface area contributed by atoms with Gasteiger partial charge in [0.2, 0.25) is 11.8 Å². The zero-order chi connectivity index (χ0) is 20.1. The second-order valence-corrected chi connectivity index (χ2v) is 8.71. The molecule has 1 heterocycles. The molecule has 0 aromatic rings. The molecule has 2 amide bonds. The number of hydrogen-bond donors (Lipinski definition) is 2. The number of aliphatic carboxylic acids is 1. The fourth-order valence-electron chi connectivity index (χ4n) is 4.87. The van der Waals surface area contributed by atoms with Crippen molar-refractivity contribution >= 4 is 17.8 Å². The number of carbonyl (C=O) groups is 3. The zero-order valence-electron chi connectivity index (χ0n) is 17.0. The molecule has 0 radical (unpaired) electrons. The van der Waals surface area contributed by atoms with Gasteiger partial charge in [-0.05, 0) is 24.7 Å². The summed E-state index contributed by atoms with van der Waals surface area (Å²) in [6.07, 6.45) is 7.82. The summed E-state index contributed by atoms with van der Waals surface area (Å²) in [5.74, 6) is -1.25. The Morgan fingerprint density at radius 2 is 1.86 bits per heavy atom. The van der Waals surface area contributed by atoms with E-state index in [4.69, 9.17) is 4.74 Å². The van der Waals surface area contributed by atoms with E-state index >= 15 is 0 Å². The lowest BCUT2D eigenvalue weighted by Gasteiger charge is -2.30. The molecule has 0 bridgehead atoms. The molecular formula is C21H34N2O5. The van der Waals surface area contributed by atoms with Crippen LogP contribution in [0.5, 0.6) is 0 Å². The number of nitrogens with one attached hydrogen (secondary N) is 1. The number of carboxylic acids is 1. The molecule has 2 aliphatic carbocycles. The molecule has 3 rings (SSSR count). The topological polar surface area (TPSA) is 95.9 Å². The van der Waals surface area contributed by atoms with Crippen LogP contribution in [-0.4, -0.2) is 59.6 Å². The van der Waals surface area contributed by atoms with Gasteiger partial charge in [-0.25, -0.2) is 4.79 Å². The van der Waals surface area contributed by atoms with Crippen LogP contribution in [-0.2, 0) is 19.1 Å². The highest BCUT2D eigenvalue weighted by molar-refractivity contribution is 5.92. The van der Waals surface area contributed by atoms with Crippen molar-refractivity contribution in [1.29, 1.82) is 0 Å². The summed E-state index contributed by atoms with van der Waals surface area (Å²) in [5.41, 5.74) is -1.13. The highest BCUT2D eigenvalue weighted by Crippen LogP contribution is 2.46. The number of nitrogens with zero attached hydrogens (tertiary/aromatic N) is 1. The molecule has 3 atom stereocenters. The van der Waals surface area contributed by atoms with Crippen molar-refractivity contribution in [2.24, 2.45) is 17.8 Å². The van der Waals surface area contributed by atoms with E-state index in [-0.39, 0.29) is 24.2 Å². The first-order valence-corrected chi connectivity index (χ1v) is 10.9. The molecule has 0 aromatic carbocycles. The molecule has 28 heavy (non-hydrogen) atoms. The summed E-state index contributed by atoms with van der Waals surface area (Å²) in [6.45, 7) is 4.14. The van der Waals surface area contributed by atoms with E-state index < -0.39 is 17.4 Å². The Balaban J connectivity index is 1.66. The summed E-state index contributed by atoms with van der Waals surface area (Å²) in [6, 6.07) is 0. The summed E-state index contributed by atoms with van der Waals surface area (Å²) >= 11 is 0. The second kappa shape index (κ2) is 9.25. The third-order valence-corrected chi connectivity index (χ3v) is 6.82. The molecule has 3 aliphatic rings. The maximum Gasteiger partial charge on any atom is 0.329 e. The van der Waals surface area contributed by atoms with Crippen molar-refractivity contribution in [1.82, 2.24) is 10.2 Å². The van der Waals surface area contributed by atoms with E-state index in [0.717, 1.165) is 19.3 Å². The Bertz CT molecular complexity index is 583. The molecule has 3 unspecified atom stereocenters. The van der Waals surface area contributed by atoms with Crippen molar-refractivity contribution in [3.63, 3.8) is 0 Å². The quantitative estimate of drug-likeness (QED) is 0.658. The van der Waals surface area contributed by atoms with Gasteiger partial charge in [0.25, 0.3) is 0 Å². The van der Waals surface area contributed by atoms with Gasteiger partial charge in [0.15, 0.2) is 0 Å². The van der Waals surface area contributed by atoms with E-state index in [1.807, 2.05) is 6.92 Å². The van der Waals surface area contributed by atoms with Gasteiger partial charge in [0.1, 0.15) is 5.54 Å². The predicted octanol–water partition coefficient (Wildman–Crippen LogP) is 2.19. The van der Waals surface area contributed by atoms with E-state index in [1.54, 1.807) is 4.90 Å². The Kier molecular flexibility index (Phi) is 6.96. The van der Waals surface area contributed by atoms with E-state index in [9.17, 15) is 19.5 Å². The third kappa shape index (κ3) is 4.85. The molecule has 3 fully saturated rings. The Hall–Kier alpha value is -1.63. The first-order valence-electron chi connectivity index (χ1n) is 10.9. The minimum atomic E-state index is -1.13. The summed E-state index contributed by atoms with van der Waals surface area (Å²) in [5, 5.41) is 12.5. The van der Waals surface area contributed by atoms with Gasteiger partial charge in [0.05, 0.1) is 13.2 Å². The van der Waals surface area contributed by atoms with Crippen molar-refractivity contribution < 1.29 is 24.2 Å². The molecule has 1 aliphatic heterocycles. The van der Waals surface area contributed by atoms with Crippen LogP contribution >= 0.6 is 0 Å². The maximum atomic E-state index is 13.1. The number of rotatable bonds is 8. The monoisotopic (exact) mass is 394 g/mol. The van der Waals surface area contributed by atoms with Crippen molar-refractivity contribution in [2.45, 2.75) is 70.3 Å². The number of carboxylic acid groups (broad SMARTS) is 1. The van der Waals surface area contributed by atoms with Gasteiger partial charge in [-0.1, -0.05) is 45.4 Å². The number of amides is 2. The van der Waals surface area contributed by atoms with Gasteiger partial charge < -0.3 is 20.1 Å². The lowest BCUT2D eigenvalue weighted by atomic mass is 9.81. The highest BCUT2D eigenvalue weighted by Gasteiger charge is 2.60. The maximum absolute atomic E-state index is 13.1. The van der Waals surface area contributed by atoms with Gasteiger partial charge in [-0.2, -0.15) is 0 Å². The average molecular weight is 395 g/mol. The van der Waals surface area contributed by atoms with Crippen LogP contribution in [0, 0.1) is 17.8 Å². The Morgan fingerprint density at radius 3 is 2.43 bits per heavy atom. The van der Waals surface area contributed by atoms with Crippen molar-refractivity contribution in [3.8, 4) is 0 Å². The lowest BCUT2D eigenvalue weighted by Crippen LogP contribution is -2.49. The van der Waals surface area contributed by atoms with Crippen LogP contribution in [0.2, 0.25) is 0 Å². The number of morpholine rings is 1. The van der Waals surface area contributed by atoms with Crippen LogP contribution < -0.4 is 5.32 Å². The van der Waals surface area contributed by atoms with Crippen molar-refractivity contribution in [2.75, 3.05) is 26.3 Å². The number of carbonyl (C=O) groups excluding carboxylic acids is 2. The zero-order valence-corrected chi connectivity index (χ0v) is 17.0. The third-order valence-electron chi connectivity index (χ3n) is 6.82. The molecule has 2 N–H and O–H groups in total. The fourth-order valence-corrected chi connectivity index (χ4v) is 4.87. The predicted molar refractivity (Wildman–Crippen MR) is 104 cm³/mol. The fraction of sp³-hybridized carbons (Fsp3) is 0.857. The van der Waals surface area contributed by atoms with Gasteiger partial charge >= 0.3 is 5.97 Å². The van der Waals surface area contributed by atoms with E-state index in [0.29, 0.717) is 45.1 Å². The van der Waals surface area contributed by atoms with Crippen LogP contribution in [0.1, 0.15) is 64.7 Å². The minimum Gasteiger partial charge on any atom is -0.479 e. The second-order valence-electron chi connectivity index (χ2n) is 8.71. The molecule has 7 heteroatoms. The largest absolute Gasteiger partial charge is 0.479 e. The molecule has 0 spiro atoms. The first-order chi connectivity index (χ1) is 13.5. The van der Waals surface area contributed by atoms with Crippen LogP contribution in [0.25, 0.3) is 0 Å². The molecular weight excluding hydrogens is 360 g/mol. The molecule has 0 aromatic heterocycles. The number of ether oxygens (including phenoxy) is 1. The lowest BCUT2D eigenvalue weighted by molar-refractivity contribution is -0.145. The highest BCUT2D eigenvalue weighted by atomic mass is 16.5. The summed E-state index contributed by atoms with van der Waals surface area (Å²) in [4.78, 5) is 39.4. The van der Waals surface area contributed by atoms with Crippen LogP contribution in [0.3, 0.4) is 0 Å². The SMILES string of the molecule is CCC1CC1(NC(=O)C(CC(=O)N1CCOCC1)CC1CCCCC1)C(=O)O. The Labute approximate surface area is 167 Å². The normalized spacial score (nSPS) is 29.2. The van der Waals surface area contributed by atoms with E-state index in [1.165, 1.54) is 19.3 Å². The van der Waals surface area contributed by atoms with E-state index in [2.05, 4.69) is 5.32 Å². The molecule has 2 saturated carbocycles. The van der Waals surface area contributed by atoms with Gasteiger partial charge in [0, 0.05) is 25.4 Å². The van der Waals surface area contributed by atoms with Crippen LogP contribution in [0.15, 0.2) is 0 Å². The summed E-state index contributed by atoms with van der Waals surface area (Å²) in [7, 11) is 0. The number of hydrogen-bond acceptors (Lipinski definition) is 4. The van der Waals surface area contributed by atoms with Crippen LogP contribution in [0.4, 0.5) is 0 Å². The molecule has 1 saturated heterocycles. The molecule has 158 valence electrons. The Morgan fingerprint density at radius 1 is 1.18 bits per heavy atom. The van der Waals surface area contributed by atoms with Gasteiger partial charge in [-0.15, -0.1) is 0 Å². The van der Waals surface area contributed by atoms with Gasteiger partial charge in [-0.3, -0.25) is 9.59 Å². The standard InChI is InChI=1S/C21H34N2O5/c1-2-17-14-21(17,20(26)27)22-19(25)16(12-15-6-4-3-5-7-15)13-18(24)23-8-10-28-11-9-23/h15-17H,2-14H2,1H3,(H,22,25)(H,26,27). The smallest absolute Gasteiger partial charge is 0.329 e. The molecule has 7 nitrogen and oxygen atoms in total. The summed E-state index contributed by atoms with van der Waals surface area (Å²) < 4.78 is 5.31. The average Bonchev–Trinajstić information content (AvgIpc) is 3.43. The van der Waals surface area contributed by atoms with Crippen molar-refractivity contribution in [3.05, 3.63) is 0 Å². The first kappa shape index (κ1) is 21.1. The minimum absolute atomic E-state index is 0.0146.